The molecule has 0 bridgehead atoms. The highest BCUT2D eigenvalue weighted by Crippen LogP contribution is 2.51. The highest BCUT2D eigenvalue weighted by atomic mass is 16.2. The van der Waals surface area contributed by atoms with Gasteiger partial charge in [-0.3, -0.25) is 19.7 Å². The fourth-order valence-electron chi connectivity index (χ4n) is 4.93. The van der Waals surface area contributed by atoms with E-state index in [4.69, 9.17) is 0 Å². The Morgan fingerprint density at radius 3 is 2.82 bits per heavy atom. The van der Waals surface area contributed by atoms with Crippen molar-refractivity contribution in [2.75, 3.05) is 13.1 Å². The quantitative estimate of drug-likeness (QED) is 0.652. The van der Waals surface area contributed by atoms with E-state index in [0.717, 1.165) is 24.2 Å². The molecule has 2 atom stereocenters. The number of carbonyl (C=O) groups is 3. The summed E-state index contributed by atoms with van der Waals surface area (Å²) in [6, 6.07) is 5.77. The maximum absolute atomic E-state index is 12.9. The second-order valence-electron chi connectivity index (χ2n) is 8.76. The van der Waals surface area contributed by atoms with E-state index in [1.165, 1.54) is 19.3 Å². The molecule has 148 valence electrons. The molecule has 3 fully saturated rings. The Kier molecular flexibility index (Phi) is 4.25. The Labute approximate surface area is 164 Å². The Morgan fingerprint density at radius 2 is 2.07 bits per heavy atom. The SMILES string of the molecule is O=C1CCC(N2Cc3c(CNCC4CC5(CC5)CN4)cccc3C2=O)C(=O)N1. The van der Waals surface area contributed by atoms with Gasteiger partial charge >= 0.3 is 0 Å². The Balaban J connectivity index is 1.24. The second-order valence-corrected chi connectivity index (χ2v) is 8.76. The number of hydrogen-bond acceptors (Lipinski definition) is 5. The number of rotatable bonds is 5. The fraction of sp³-hybridized carbons (Fsp3) is 0.571. The van der Waals surface area contributed by atoms with Gasteiger partial charge in [0.05, 0.1) is 0 Å². The number of fused-ring (bicyclic) bond motifs is 1. The molecule has 28 heavy (non-hydrogen) atoms. The molecule has 2 saturated heterocycles. The van der Waals surface area contributed by atoms with E-state index < -0.39 is 6.04 Å². The van der Waals surface area contributed by atoms with Crippen LogP contribution in [0.5, 0.6) is 0 Å². The lowest BCUT2D eigenvalue weighted by atomic mass is 10.0. The minimum absolute atomic E-state index is 0.112. The molecule has 3 aliphatic heterocycles. The van der Waals surface area contributed by atoms with E-state index >= 15 is 0 Å². The van der Waals surface area contributed by atoms with Gasteiger partial charge in [0, 0.05) is 44.2 Å². The highest BCUT2D eigenvalue weighted by molar-refractivity contribution is 6.05. The molecular formula is C21H26N4O3. The number of benzene rings is 1. The monoisotopic (exact) mass is 382 g/mol. The van der Waals surface area contributed by atoms with Crippen LogP contribution >= 0.6 is 0 Å². The van der Waals surface area contributed by atoms with Gasteiger partial charge < -0.3 is 15.5 Å². The van der Waals surface area contributed by atoms with Crippen LogP contribution in [0.2, 0.25) is 0 Å². The van der Waals surface area contributed by atoms with Crippen LogP contribution < -0.4 is 16.0 Å². The van der Waals surface area contributed by atoms with Crippen molar-refractivity contribution in [1.82, 2.24) is 20.9 Å². The zero-order chi connectivity index (χ0) is 19.3. The molecule has 1 aromatic rings. The predicted octanol–water partition coefficient (Wildman–Crippen LogP) is 0.679. The first-order valence-electron chi connectivity index (χ1n) is 10.2. The molecule has 7 heteroatoms. The first kappa shape index (κ1) is 17.8. The third-order valence-corrected chi connectivity index (χ3v) is 6.79. The molecule has 1 aliphatic carbocycles. The lowest BCUT2D eigenvalue weighted by Crippen LogP contribution is -2.52. The standard InChI is InChI=1S/C21H26N4O3/c26-18-5-4-17(19(27)24-18)25-11-16-13(2-1-3-15(16)20(25)28)9-22-10-14-8-21(6-7-21)12-23-14/h1-3,14,17,22-23H,4-12H2,(H,24,26,27). The maximum atomic E-state index is 12.9. The van der Waals surface area contributed by atoms with Crippen molar-refractivity contribution < 1.29 is 14.4 Å². The first-order valence-corrected chi connectivity index (χ1v) is 10.2. The highest BCUT2D eigenvalue weighted by Gasteiger charge is 2.47. The van der Waals surface area contributed by atoms with Crippen LogP contribution in [0.15, 0.2) is 18.2 Å². The van der Waals surface area contributed by atoms with Gasteiger partial charge in [0.2, 0.25) is 11.8 Å². The van der Waals surface area contributed by atoms with Crippen LogP contribution in [0.1, 0.15) is 53.6 Å². The lowest BCUT2D eigenvalue weighted by molar-refractivity contribution is -0.136. The molecule has 7 nitrogen and oxygen atoms in total. The zero-order valence-corrected chi connectivity index (χ0v) is 15.9. The topological polar surface area (TPSA) is 90.5 Å². The van der Waals surface area contributed by atoms with Crippen molar-refractivity contribution in [2.45, 2.75) is 57.3 Å². The number of hydrogen-bond donors (Lipinski definition) is 3. The molecule has 2 unspecified atom stereocenters. The number of imide groups is 1. The average molecular weight is 382 g/mol. The first-order chi connectivity index (χ1) is 13.5. The summed E-state index contributed by atoms with van der Waals surface area (Å²) in [5.74, 6) is -0.735. The van der Waals surface area contributed by atoms with Crippen LogP contribution in [0.3, 0.4) is 0 Å². The summed E-state index contributed by atoms with van der Waals surface area (Å²) in [5, 5.41) is 9.52. The summed E-state index contributed by atoms with van der Waals surface area (Å²) in [7, 11) is 0. The molecule has 4 aliphatic rings. The number of amides is 3. The number of piperidine rings is 1. The number of nitrogens with zero attached hydrogens (tertiary/aromatic N) is 1. The van der Waals surface area contributed by atoms with E-state index in [9.17, 15) is 14.4 Å². The van der Waals surface area contributed by atoms with Gasteiger partial charge in [-0.15, -0.1) is 0 Å². The van der Waals surface area contributed by atoms with Crippen molar-refractivity contribution in [1.29, 1.82) is 0 Å². The van der Waals surface area contributed by atoms with E-state index in [2.05, 4.69) is 22.0 Å². The number of carbonyl (C=O) groups excluding carboxylic acids is 3. The summed E-state index contributed by atoms with van der Waals surface area (Å²) < 4.78 is 0. The molecule has 1 saturated carbocycles. The Bertz CT molecular complexity index is 848. The van der Waals surface area contributed by atoms with E-state index in [-0.39, 0.29) is 24.1 Å². The summed E-state index contributed by atoms with van der Waals surface area (Å²) in [6.07, 6.45) is 4.66. The fourth-order valence-corrected chi connectivity index (χ4v) is 4.93. The van der Waals surface area contributed by atoms with Crippen LogP contribution in [0.25, 0.3) is 0 Å². The summed E-state index contributed by atoms with van der Waals surface area (Å²) in [6.45, 7) is 3.22. The van der Waals surface area contributed by atoms with E-state index in [1.54, 1.807) is 4.90 Å². The van der Waals surface area contributed by atoms with Crippen molar-refractivity contribution in [2.24, 2.45) is 5.41 Å². The van der Waals surface area contributed by atoms with Crippen LogP contribution in [0.4, 0.5) is 0 Å². The van der Waals surface area contributed by atoms with Crippen LogP contribution in [-0.4, -0.2) is 47.8 Å². The van der Waals surface area contributed by atoms with Gasteiger partial charge in [-0.25, -0.2) is 0 Å². The van der Waals surface area contributed by atoms with Gasteiger partial charge in [-0.05, 0) is 48.3 Å². The van der Waals surface area contributed by atoms with E-state index in [0.29, 0.717) is 36.5 Å². The van der Waals surface area contributed by atoms with Crippen LogP contribution in [-0.2, 0) is 22.7 Å². The lowest BCUT2D eigenvalue weighted by Gasteiger charge is -2.29. The van der Waals surface area contributed by atoms with Gasteiger partial charge in [-0.1, -0.05) is 12.1 Å². The normalized spacial score (nSPS) is 28.0. The third-order valence-electron chi connectivity index (χ3n) is 6.79. The van der Waals surface area contributed by atoms with E-state index in [1.807, 2.05) is 12.1 Å². The summed E-state index contributed by atoms with van der Waals surface area (Å²) in [5.41, 5.74) is 3.39. The largest absolute Gasteiger partial charge is 0.322 e. The molecule has 0 aromatic heterocycles. The molecule has 3 heterocycles. The minimum Gasteiger partial charge on any atom is -0.322 e. The summed E-state index contributed by atoms with van der Waals surface area (Å²) >= 11 is 0. The van der Waals surface area contributed by atoms with Gasteiger partial charge in [0.25, 0.3) is 5.91 Å². The van der Waals surface area contributed by atoms with Gasteiger partial charge in [0.1, 0.15) is 6.04 Å². The second kappa shape index (κ2) is 6.67. The minimum atomic E-state index is -0.559. The molecule has 0 radical (unpaired) electrons. The summed E-state index contributed by atoms with van der Waals surface area (Å²) in [4.78, 5) is 38.1. The van der Waals surface area contributed by atoms with Crippen molar-refractivity contribution in [3.8, 4) is 0 Å². The third kappa shape index (κ3) is 3.12. The number of nitrogens with one attached hydrogen (secondary N) is 3. The molecule has 3 amide bonds. The van der Waals surface area contributed by atoms with Crippen molar-refractivity contribution in [3.63, 3.8) is 0 Å². The van der Waals surface area contributed by atoms with Gasteiger partial charge in [-0.2, -0.15) is 0 Å². The predicted molar refractivity (Wildman–Crippen MR) is 102 cm³/mol. The maximum Gasteiger partial charge on any atom is 0.255 e. The van der Waals surface area contributed by atoms with Crippen LogP contribution in [0, 0.1) is 5.41 Å². The molecule has 3 N–H and O–H groups in total. The van der Waals surface area contributed by atoms with Gasteiger partial charge in [0.15, 0.2) is 0 Å². The Hall–Kier alpha value is -2.25. The van der Waals surface area contributed by atoms with Crippen molar-refractivity contribution in [3.05, 3.63) is 34.9 Å². The smallest absolute Gasteiger partial charge is 0.255 e. The molecule has 5 rings (SSSR count). The molecule has 1 spiro atoms. The average Bonchev–Trinajstić information content (AvgIpc) is 3.18. The Morgan fingerprint density at radius 1 is 1.21 bits per heavy atom. The zero-order valence-electron chi connectivity index (χ0n) is 15.9. The van der Waals surface area contributed by atoms with Crippen molar-refractivity contribution >= 4 is 17.7 Å². The molecular weight excluding hydrogens is 356 g/mol. The molecule has 1 aromatic carbocycles.